The largest absolute Gasteiger partial charge is 0.492 e. The molecule has 6 rings (SSSR count). The topological polar surface area (TPSA) is 125 Å². The molecule has 1 atom stereocenters. The summed E-state index contributed by atoms with van der Waals surface area (Å²) in [7, 11) is -2.16. The van der Waals surface area contributed by atoms with Crippen LogP contribution in [0.3, 0.4) is 0 Å². The molecular weight excluding hydrogens is 665 g/mol. The molecule has 3 aliphatic rings. The van der Waals surface area contributed by atoms with Gasteiger partial charge < -0.3 is 34.6 Å². The fourth-order valence-electron chi connectivity index (χ4n) is 5.76. The number of morpholine rings is 1. The van der Waals surface area contributed by atoms with Gasteiger partial charge in [-0.3, -0.25) is 9.62 Å². The Morgan fingerprint density at radius 1 is 1.04 bits per heavy atom. The number of benzene rings is 3. The van der Waals surface area contributed by atoms with Gasteiger partial charge in [-0.1, -0.05) is 50.7 Å². The summed E-state index contributed by atoms with van der Waals surface area (Å²) in [6.07, 6.45) is 4.27. The minimum Gasteiger partial charge on any atom is -0.492 e. The fraction of sp³-hybridized carbons (Fsp3) is 0.400. The van der Waals surface area contributed by atoms with E-state index in [1.807, 2.05) is 62.9 Å². The second kappa shape index (κ2) is 14.4. The maximum Gasteiger partial charge on any atom is 0.319 e. The van der Waals surface area contributed by atoms with E-state index in [1.165, 1.54) is 12.0 Å². The van der Waals surface area contributed by atoms with Crippen LogP contribution in [0.2, 0.25) is 0 Å². The molecule has 262 valence electrons. The van der Waals surface area contributed by atoms with Crippen LogP contribution in [-0.4, -0.2) is 75.6 Å². The molecule has 2 amide bonds. The number of rotatable bonds is 11. The molecule has 3 aromatic rings. The summed E-state index contributed by atoms with van der Waals surface area (Å²) in [5.74, 6) is 1.44. The molecule has 0 aliphatic carbocycles. The van der Waals surface area contributed by atoms with Crippen molar-refractivity contribution in [3.8, 4) is 17.2 Å². The van der Waals surface area contributed by atoms with E-state index in [0.29, 0.717) is 17.2 Å². The molecule has 3 N–H and O–H groups in total. The molecule has 14 heteroatoms. The lowest BCUT2D eigenvalue weighted by Crippen LogP contribution is -2.45. The number of methoxy groups -OCH3 is 1. The number of carbonyl (C=O) groups excluding carboxylic acids is 1. The van der Waals surface area contributed by atoms with Gasteiger partial charge in [-0.15, -0.1) is 0 Å². The molecule has 12 nitrogen and oxygen atoms in total. The number of urea groups is 1. The molecule has 3 heterocycles. The van der Waals surface area contributed by atoms with Crippen LogP contribution in [0, 0.1) is 0 Å². The third-order valence-corrected chi connectivity index (χ3v) is 11.1. The summed E-state index contributed by atoms with van der Waals surface area (Å²) in [5.41, 5.74) is 3.15. The first-order valence-electron chi connectivity index (χ1n) is 16.3. The Morgan fingerprint density at radius 2 is 1.80 bits per heavy atom. The van der Waals surface area contributed by atoms with Crippen LogP contribution in [0.4, 0.5) is 21.9 Å². The third kappa shape index (κ3) is 8.04. The average Bonchev–Trinajstić information content (AvgIpc) is 3.63. The average molecular weight is 709 g/mol. The standard InChI is InChI=1S/C35H44N6O6S2/c1-6-49(43,44)38-28-20-25(35(2,3)4)19-27(32(28)45-5)37-33(42)36-22-24-9-7-8-10-30(24)47-26-11-12-31-29(21-26)41-14-13-40(34(41)48-31)23-39-15-17-46-18-16-39/h7-14,19-21,34,38H,6,15-18,22-23H2,1-5H3,(H2,36,37,42). The molecule has 0 spiro atoms. The Hall–Kier alpha value is -4.11. The Labute approximate surface area is 292 Å². The van der Waals surface area contributed by atoms with E-state index in [9.17, 15) is 13.2 Å². The first kappa shape index (κ1) is 34.7. The number of fused-ring (bicyclic) bond motifs is 3. The highest BCUT2D eigenvalue weighted by molar-refractivity contribution is 8.00. The second-order valence-corrected chi connectivity index (χ2v) is 16.2. The van der Waals surface area contributed by atoms with E-state index < -0.39 is 16.1 Å². The smallest absolute Gasteiger partial charge is 0.319 e. The summed E-state index contributed by atoms with van der Waals surface area (Å²) in [5, 5.41) is 5.77. The number of para-hydroxylation sites is 1. The van der Waals surface area contributed by atoms with Crippen molar-refractivity contribution in [2.45, 2.75) is 50.0 Å². The number of hydrogen-bond acceptors (Lipinski definition) is 10. The zero-order valence-electron chi connectivity index (χ0n) is 28.5. The third-order valence-electron chi connectivity index (χ3n) is 8.54. The van der Waals surface area contributed by atoms with Crippen LogP contribution in [0.5, 0.6) is 17.2 Å². The summed E-state index contributed by atoms with van der Waals surface area (Å²) in [6, 6.07) is 16.7. The van der Waals surface area contributed by atoms with Gasteiger partial charge in [-0.05, 0) is 48.2 Å². The molecule has 1 fully saturated rings. The SMILES string of the molecule is CCS(=O)(=O)Nc1cc(C(C)(C)C)cc(NC(=O)NCc2ccccc2Oc2ccc3c(c2)N2C=CN(CN4CCOCC4)C2S3)c1OC. The quantitative estimate of drug-likeness (QED) is 0.214. The van der Waals surface area contributed by atoms with Gasteiger partial charge >= 0.3 is 6.03 Å². The van der Waals surface area contributed by atoms with Crippen molar-refractivity contribution >= 4 is 44.9 Å². The molecule has 1 unspecified atom stereocenters. The predicted molar refractivity (Wildman–Crippen MR) is 194 cm³/mol. The first-order valence-corrected chi connectivity index (χ1v) is 18.8. The van der Waals surface area contributed by atoms with Crippen molar-refractivity contribution in [1.29, 1.82) is 0 Å². The monoisotopic (exact) mass is 708 g/mol. The molecule has 1 saturated heterocycles. The number of nitrogens with zero attached hydrogens (tertiary/aromatic N) is 3. The number of amides is 2. The lowest BCUT2D eigenvalue weighted by atomic mass is 9.86. The number of nitrogens with one attached hydrogen (secondary N) is 3. The number of sulfonamides is 1. The van der Waals surface area contributed by atoms with Gasteiger partial charge in [0.2, 0.25) is 10.0 Å². The molecule has 0 bridgehead atoms. The number of ether oxygens (including phenoxy) is 3. The summed E-state index contributed by atoms with van der Waals surface area (Å²) in [4.78, 5) is 21.5. The highest BCUT2D eigenvalue weighted by atomic mass is 32.2. The minimum atomic E-state index is -3.59. The maximum atomic E-state index is 13.2. The van der Waals surface area contributed by atoms with Crippen LogP contribution in [0.25, 0.3) is 0 Å². The Kier molecular flexibility index (Phi) is 10.2. The van der Waals surface area contributed by atoms with Gasteiger partial charge in [0, 0.05) is 48.6 Å². The fourth-order valence-corrected chi connectivity index (χ4v) is 7.62. The van der Waals surface area contributed by atoms with E-state index in [2.05, 4.69) is 54.6 Å². The van der Waals surface area contributed by atoms with Gasteiger partial charge in [0.1, 0.15) is 11.5 Å². The van der Waals surface area contributed by atoms with E-state index in [1.54, 1.807) is 19.1 Å². The molecule has 0 saturated carbocycles. The summed E-state index contributed by atoms with van der Waals surface area (Å²) >= 11 is 1.82. The van der Waals surface area contributed by atoms with Gasteiger partial charge in [-0.2, -0.15) is 0 Å². The Bertz CT molecular complexity index is 1820. The predicted octanol–water partition coefficient (Wildman–Crippen LogP) is 6.14. The van der Waals surface area contributed by atoms with Crippen molar-refractivity contribution in [3.63, 3.8) is 0 Å². The molecule has 0 aromatic heterocycles. The Morgan fingerprint density at radius 3 is 2.53 bits per heavy atom. The molecule has 49 heavy (non-hydrogen) atoms. The van der Waals surface area contributed by atoms with Gasteiger partial charge in [0.05, 0.1) is 49.8 Å². The van der Waals surface area contributed by atoms with Gasteiger partial charge in [0.25, 0.3) is 0 Å². The van der Waals surface area contributed by atoms with Crippen LogP contribution in [-0.2, 0) is 26.7 Å². The van der Waals surface area contributed by atoms with Crippen molar-refractivity contribution in [2.24, 2.45) is 0 Å². The summed E-state index contributed by atoms with van der Waals surface area (Å²) in [6.45, 7) is 12.0. The van der Waals surface area contributed by atoms with Gasteiger partial charge in [0.15, 0.2) is 11.2 Å². The maximum absolute atomic E-state index is 13.2. The van der Waals surface area contributed by atoms with E-state index >= 15 is 0 Å². The van der Waals surface area contributed by atoms with Crippen LogP contribution < -0.4 is 29.7 Å². The zero-order valence-corrected chi connectivity index (χ0v) is 30.1. The van der Waals surface area contributed by atoms with E-state index in [4.69, 9.17) is 14.2 Å². The van der Waals surface area contributed by atoms with Crippen molar-refractivity contribution < 1.29 is 27.4 Å². The highest BCUT2D eigenvalue weighted by Crippen LogP contribution is 2.49. The number of carbonyl (C=O) groups is 1. The minimum absolute atomic E-state index is 0.102. The molecule has 0 radical (unpaired) electrons. The second-order valence-electron chi connectivity index (χ2n) is 13.0. The highest BCUT2D eigenvalue weighted by Gasteiger charge is 2.37. The first-order chi connectivity index (χ1) is 23.4. The normalized spacial score (nSPS) is 17.4. The van der Waals surface area contributed by atoms with Crippen LogP contribution in [0.15, 0.2) is 71.9 Å². The van der Waals surface area contributed by atoms with E-state index in [0.717, 1.165) is 49.8 Å². The summed E-state index contributed by atoms with van der Waals surface area (Å²) < 4.78 is 45.0. The Balaban J connectivity index is 1.13. The molecule has 3 aliphatic heterocycles. The van der Waals surface area contributed by atoms with Crippen molar-refractivity contribution in [3.05, 3.63) is 78.1 Å². The lowest BCUT2D eigenvalue weighted by Gasteiger charge is -2.33. The number of anilines is 3. The van der Waals surface area contributed by atoms with E-state index in [-0.39, 0.29) is 34.6 Å². The van der Waals surface area contributed by atoms with Gasteiger partial charge in [-0.25, -0.2) is 13.2 Å². The zero-order chi connectivity index (χ0) is 34.8. The molecule has 3 aromatic carbocycles. The molecular formula is C35H44N6O6S2. The lowest BCUT2D eigenvalue weighted by molar-refractivity contribution is 0.0183. The van der Waals surface area contributed by atoms with Crippen LogP contribution >= 0.6 is 11.8 Å². The van der Waals surface area contributed by atoms with Crippen LogP contribution in [0.1, 0.15) is 38.8 Å². The number of hydrogen-bond donors (Lipinski definition) is 3. The van der Waals surface area contributed by atoms with Crippen molar-refractivity contribution in [2.75, 3.05) is 60.8 Å². The van der Waals surface area contributed by atoms with Crippen molar-refractivity contribution in [1.82, 2.24) is 15.1 Å². The number of thioether (sulfide) groups is 1.